The lowest BCUT2D eigenvalue weighted by atomic mass is 9.95. The van der Waals surface area contributed by atoms with Crippen LogP contribution in [0.2, 0.25) is 0 Å². The van der Waals surface area contributed by atoms with Gasteiger partial charge in [-0.25, -0.2) is 4.39 Å². The van der Waals surface area contributed by atoms with Gasteiger partial charge in [0.25, 0.3) is 5.91 Å². The van der Waals surface area contributed by atoms with Crippen LogP contribution >= 0.6 is 0 Å². The van der Waals surface area contributed by atoms with Crippen molar-refractivity contribution in [3.05, 3.63) is 65.5 Å². The average molecular weight is 384 g/mol. The van der Waals surface area contributed by atoms with Crippen molar-refractivity contribution >= 4 is 5.91 Å². The summed E-state index contributed by atoms with van der Waals surface area (Å²) in [7, 11) is 3.46. The number of benzene rings is 2. The van der Waals surface area contributed by atoms with Gasteiger partial charge in [-0.1, -0.05) is 24.3 Å². The molecule has 0 bridgehead atoms. The van der Waals surface area contributed by atoms with Crippen LogP contribution in [0.25, 0.3) is 0 Å². The normalized spacial score (nSPS) is 15.4. The molecule has 0 aliphatic carbocycles. The third-order valence-electron chi connectivity index (χ3n) is 5.53. The van der Waals surface area contributed by atoms with E-state index in [0.717, 1.165) is 51.0 Å². The molecule has 4 nitrogen and oxygen atoms in total. The Bertz CT molecular complexity index is 788. The second-order valence-corrected chi connectivity index (χ2v) is 7.55. The highest BCUT2D eigenvalue weighted by molar-refractivity contribution is 5.96. The number of amides is 1. The van der Waals surface area contributed by atoms with Gasteiger partial charge in [-0.3, -0.25) is 4.79 Å². The van der Waals surface area contributed by atoms with E-state index in [1.54, 1.807) is 19.2 Å². The predicted molar refractivity (Wildman–Crippen MR) is 109 cm³/mol. The van der Waals surface area contributed by atoms with E-state index in [9.17, 15) is 9.18 Å². The number of nitrogens with zero attached hydrogens (tertiary/aromatic N) is 2. The van der Waals surface area contributed by atoms with Crippen molar-refractivity contribution in [2.75, 3.05) is 40.3 Å². The first-order valence-corrected chi connectivity index (χ1v) is 9.92. The minimum atomic E-state index is -0.168. The summed E-state index contributed by atoms with van der Waals surface area (Å²) in [5.74, 6) is 0.963. The van der Waals surface area contributed by atoms with E-state index >= 15 is 0 Å². The summed E-state index contributed by atoms with van der Waals surface area (Å²) < 4.78 is 18.6. The number of halogens is 1. The molecule has 1 amide bonds. The lowest BCUT2D eigenvalue weighted by Crippen LogP contribution is -2.40. The summed E-state index contributed by atoms with van der Waals surface area (Å²) in [6.07, 6.45) is 3.02. The highest BCUT2D eigenvalue weighted by atomic mass is 19.1. The average Bonchev–Trinajstić information content (AvgIpc) is 2.72. The summed E-state index contributed by atoms with van der Waals surface area (Å²) >= 11 is 0. The Balaban J connectivity index is 1.45. The Morgan fingerprint density at radius 1 is 1.18 bits per heavy atom. The molecule has 150 valence electrons. The third-order valence-corrected chi connectivity index (χ3v) is 5.53. The molecule has 0 aromatic heterocycles. The van der Waals surface area contributed by atoms with Crippen molar-refractivity contribution in [2.45, 2.75) is 19.3 Å². The number of rotatable bonds is 7. The molecule has 0 atom stereocenters. The van der Waals surface area contributed by atoms with Crippen molar-refractivity contribution in [3.63, 3.8) is 0 Å². The molecule has 1 saturated heterocycles. The van der Waals surface area contributed by atoms with Crippen molar-refractivity contribution in [1.82, 2.24) is 9.80 Å². The van der Waals surface area contributed by atoms with Crippen LogP contribution in [0.5, 0.6) is 5.75 Å². The fourth-order valence-electron chi connectivity index (χ4n) is 3.87. The van der Waals surface area contributed by atoms with E-state index in [1.807, 2.05) is 42.3 Å². The standard InChI is InChI=1S/C23H29FN2O2/c1-25(23(27)21-8-3-4-9-22(21)28-2)17-19-11-14-26(15-12-19)13-10-18-6-5-7-20(24)16-18/h3-9,16,19H,10-15,17H2,1-2H3. The highest BCUT2D eigenvalue weighted by Crippen LogP contribution is 2.22. The second-order valence-electron chi connectivity index (χ2n) is 7.55. The van der Waals surface area contributed by atoms with Gasteiger partial charge in [-0.05, 0) is 68.1 Å². The summed E-state index contributed by atoms with van der Waals surface area (Å²) in [5.41, 5.74) is 1.66. The van der Waals surface area contributed by atoms with Gasteiger partial charge in [0, 0.05) is 20.1 Å². The molecule has 28 heavy (non-hydrogen) atoms. The monoisotopic (exact) mass is 384 g/mol. The van der Waals surface area contributed by atoms with Gasteiger partial charge < -0.3 is 14.5 Å². The first kappa shape index (κ1) is 20.3. The molecule has 5 heteroatoms. The number of carbonyl (C=O) groups is 1. The zero-order chi connectivity index (χ0) is 19.9. The van der Waals surface area contributed by atoms with Gasteiger partial charge in [0.2, 0.25) is 0 Å². The zero-order valence-corrected chi connectivity index (χ0v) is 16.7. The van der Waals surface area contributed by atoms with Crippen LogP contribution in [0.1, 0.15) is 28.8 Å². The first-order chi connectivity index (χ1) is 13.6. The molecule has 1 aliphatic heterocycles. The number of hydrogen-bond donors (Lipinski definition) is 0. The molecule has 0 spiro atoms. The molecule has 0 N–H and O–H groups in total. The topological polar surface area (TPSA) is 32.8 Å². The van der Waals surface area contributed by atoms with E-state index in [-0.39, 0.29) is 11.7 Å². The molecule has 0 radical (unpaired) electrons. The highest BCUT2D eigenvalue weighted by Gasteiger charge is 2.23. The number of hydrogen-bond acceptors (Lipinski definition) is 3. The van der Waals surface area contributed by atoms with Crippen molar-refractivity contribution in [3.8, 4) is 5.75 Å². The molecule has 1 aliphatic rings. The van der Waals surface area contributed by atoms with Gasteiger partial charge in [-0.2, -0.15) is 0 Å². The third kappa shape index (κ3) is 5.32. The Kier molecular flexibility index (Phi) is 7.04. The minimum Gasteiger partial charge on any atom is -0.496 e. The van der Waals surface area contributed by atoms with Gasteiger partial charge in [0.1, 0.15) is 11.6 Å². The molecule has 2 aromatic rings. The van der Waals surface area contributed by atoms with Crippen molar-refractivity contribution < 1.29 is 13.9 Å². The summed E-state index contributed by atoms with van der Waals surface area (Å²) in [6.45, 7) is 3.76. The second kappa shape index (κ2) is 9.69. The van der Waals surface area contributed by atoms with Gasteiger partial charge in [0.05, 0.1) is 12.7 Å². The zero-order valence-electron chi connectivity index (χ0n) is 16.7. The smallest absolute Gasteiger partial charge is 0.257 e. The molecular weight excluding hydrogens is 355 g/mol. The molecule has 1 fully saturated rings. The SMILES string of the molecule is COc1ccccc1C(=O)N(C)CC1CCN(CCc2cccc(F)c2)CC1. The van der Waals surface area contributed by atoms with Crippen LogP contribution in [0.4, 0.5) is 4.39 Å². The van der Waals surface area contributed by atoms with Gasteiger partial charge >= 0.3 is 0 Å². The van der Waals surface area contributed by atoms with Crippen molar-refractivity contribution in [2.24, 2.45) is 5.92 Å². The lowest BCUT2D eigenvalue weighted by Gasteiger charge is -2.34. The van der Waals surface area contributed by atoms with E-state index in [2.05, 4.69) is 4.90 Å². The number of methoxy groups -OCH3 is 1. The maximum atomic E-state index is 13.3. The molecule has 0 unspecified atom stereocenters. The van der Waals surface area contributed by atoms with Gasteiger partial charge in [0.15, 0.2) is 0 Å². The maximum Gasteiger partial charge on any atom is 0.257 e. The van der Waals surface area contributed by atoms with E-state index in [1.165, 1.54) is 6.07 Å². The molecule has 2 aromatic carbocycles. The Morgan fingerprint density at radius 3 is 2.64 bits per heavy atom. The molecule has 3 rings (SSSR count). The fraction of sp³-hybridized carbons (Fsp3) is 0.435. The van der Waals surface area contributed by atoms with Crippen LogP contribution in [0.15, 0.2) is 48.5 Å². The van der Waals surface area contributed by atoms with Crippen LogP contribution in [0.3, 0.4) is 0 Å². The predicted octanol–water partition coefficient (Wildman–Crippen LogP) is 3.86. The van der Waals surface area contributed by atoms with E-state index < -0.39 is 0 Å². The first-order valence-electron chi connectivity index (χ1n) is 9.92. The minimum absolute atomic E-state index is 0.00554. The number of ether oxygens (including phenoxy) is 1. The molecular formula is C23H29FN2O2. The lowest BCUT2D eigenvalue weighted by molar-refractivity contribution is 0.0737. The maximum absolute atomic E-state index is 13.3. The Morgan fingerprint density at radius 2 is 1.93 bits per heavy atom. The fourth-order valence-corrected chi connectivity index (χ4v) is 3.87. The summed E-state index contributed by atoms with van der Waals surface area (Å²) in [4.78, 5) is 17.0. The summed E-state index contributed by atoms with van der Waals surface area (Å²) in [5, 5.41) is 0. The van der Waals surface area contributed by atoms with E-state index in [4.69, 9.17) is 4.74 Å². The number of carbonyl (C=O) groups excluding carboxylic acids is 1. The Hall–Kier alpha value is -2.40. The number of para-hydroxylation sites is 1. The summed E-state index contributed by atoms with van der Waals surface area (Å²) in [6, 6.07) is 14.2. The number of likely N-dealkylation sites (tertiary alicyclic amines) is 1. The van der Waals surface area contributed by atoms with Crippen LogP contribution in [0, 0.1) is 11.7 Å². The quantitative estimate of drug-likeness (QED) is 0.727. The number of piperidine rings is 1. The largest absolute Gasteiger partial charge is 0.496 e. The van der Waals surface area contributed by atoms with Crippen LogP contribution in [-0.4, -0.2) is 56.0 Å². The van der Waals surface area contributed by atoms with Crippen LogP contribution < -0.4 is 4.74 Å². The van der Waals surface area contributed by atoms with Gasteiger partial charge in [-0.15, -0.1) is 0 Å². The molecule has 0 saturated carbocycles. The van der Waals surface area contributed by atoms with Crippen molar-refractivity contribution in [1.29, 1.82) is 0 Å². The Labute approximate surface area is 166 Å². The van der Waals surface area contributed by atoms with Crippen LogP contribution in [-0.2, 0) is 6.42 Å². The van der Waals surface area contributed by atoms with E-state index in [0.29, 0.717) is 17.2 Å². The molecule has 1 heterocycles.